The second kappa shape index (κ2) is 6.43. The van der Waals surface area contributed by atoms with Gasteiger partial charge in [0.2, 0.25) is 0 Å². The smallest absolute Gasteiger partial charge is 0.180 e. The largest absolute Gasteiger partial charge is 0.384 e. The lowest BCUT2D eigenvalue weighted by atomic mass is 10.2. The van der Waals surface area contributed by atoms with Crippen LogP contribution in [0.1, 0.15) is 12.6 Å². The Labute approximate surface area is 118 Å². The second-order valence-corrected chi connectivity index (χ2v) is 4.13. The van der Waals surface area contributed by atoms with Gasteiger partial charge in [-0.2, -0.15) is 0 Å². The highest BCUT2D eigenvalue weighted by Crippen LogP contribution is 2.18. The summed E-state index contributed by atoms with van der Waals surface area (Å²) < 4.78 is 0. The van der Waals surface area contributed by atoms with E-state index < -0.39 is 0 Å². The van der Waals surface area contributed by atoms with Crippen molar-refractivity contribution in [1.29, 1.82) is 0 Å². The van der Waals surface area contributed by atoms with Gasteiger partial charge in [0, 0.05) is 12.3 Å². The first kappa shape index (κ1) is 13.7. The van der Waals surface area contributed by atoms with Gasteiger partial charge in [-0.1, -0.05) is 36.9 Å². The Morgan fingerprint density at radius 1 is 1.25 bits per heavy atom. The third-order valence-electron chi connectivity index (χ3n) is 2.57. The van der Waals surface area contributed by atoms with Gasteiger partial charge < -0.3 is 5.73 Å². The van der Waals surface area contributed by atoms with E-state index >= 15 is 0 Å². The fourth-order valence-electron chi connectivity index (χ4n) is 1.61. The maximum atomic E-state index is 5.83. The summed E-state index contributed by atoms with van der Waals surface area (Å²) in [5.74, 6) is 0.900. The van der Waals surface area contributed by atoms with E-state index in [9.17, 15) is 0 Å². The molecule has 2 rings (SSSR count). The number of rotatable bonds is 4. The topological polar surface area (TPSA) is 64.7 Å². The molecule has 0 aliphatic carbocycles. The van der Waals surface area contributed by atoms with E-state index in [4.69, 9.17) is 5.73 Å². The van der Waals surface area contributed by atoms with Crippen LogP contribution in [0.2, 0.25) is 0 Å². The number of allylic oxidation sites excluding steroid dienone is 5. The summed E-state index contributed by atoms with van der Waals surface area (Å²) in [4.78, 5) is 12.9. The molecule has 0 aromatic carbocycles. The monoisotopic (exact) mass is 264 g/mol. The Hall–Kier alpha value is -2.75. The Morgan fingerprint density at radius 2 is 2.10 bits per heavy atom. The Bertz CT molecular complexity index is 657. The number of nitrogens with zero attached hydrogens (tertiary/aromatic N) is 3. The SMILES string of the molecule is C=C(/C=C\C=C/C)c1cc(N)nc(-c2ccccn2)n1. The number of aromatic nitrogens is 3. The lowest BCUT2D eigenvalue weighted by molar-refractivity contribution is 1.13. The van der Waals surface area contributed by atoms with Gasteiger partial charge in [-0.25, -0.2) is 9.97 Å². The van der Waals surface area contributed by atoms with Crippen molar-refractivity contribution in [3.05, 3.63) is 67.0 Å². The fourth-order valence-corrected chi connectivity index (χ4v) is 1.61. The first-order valence-electron chi connectivity index (χ1n) is 6.25. The average molecular weight is 264 g/mol. The molecule has 2 aromatic heterocycles. The van der Waals surface area contributed by atoms with Crippen molar-refractivity contribution in [3.8, 4) is 11.5 Å². The lowest BCUT2D eigenvalue weighted by Gasteiger charge is -2.05. The molecule has 0 bridgehead atoms. The minimum Gasteiger partial charge on any atom is -0.384 e. The minimum atomic E-state index is 0.399. The van der Waals surface area contributed by atoms with Crippen molar-refractivity contribution in [1.82, 2.24) is 15.0 Å². The van der Waals surface area contributed by atoms with Crippen molar-refractivity contribution >= 4 is 11.4 Å². The number of nitrogens with two attached hydrogens (primary N) is 1. The third kappa shape index (κ3) is 3.38. The first-order valence-corrected chi connectivity index (χ1v) is 6.25. The van der Waals surface area contributed by atoms with Crippen molar-refractivity contribution in [2.75, 3.05) is 5.73 Å². The van der Waals surface area contributed by atoms with E-state index in [0.29, 0.717) is 23.0 Å². The van der Waals surface area contributed by atoms with Crippen LogP contribution in [0.3, 0.4) is 0 Å². The summed E-state index contributed by atoms with van der Waals surface area (Å²) in [6.45, 7) is 5.94. The molecule has 20 heavy (non-hydrogen) atoms. The number of hydrogen-bond acceptors (Lipinski definition) is 4. The zero-order chi connectivity index (χ0) is 14.4. The standard InChI is InChI=1S/C16H16N4/c1-3-4-5-8-12(2)14-11-15(17)20-16(19-14)13-9-6-7-10-18-13/h3-11H,2H2,1H3,(H2,17,19,20)/b4-3-,8-5-. The van der Waals surface area contributed by atoms with Crippen molar-refractivity contribution in [2.45, 2.75) is 6.92 Å². The van der Waals surface area contributed by atoms with Gasteiger partial charge in [0.25, 0.3) is 0 Å². The molecule has 0 fully saturated rings. The van der Waals surface area contributed by atoms with Crippen molar-refractivity contribution in [2.24, 2.45) is 0 Å². The summed E-state index contributed by atoms with van der Waals surface area (Å²) in [5.41, 5.74) is 7.98. The molecule has 0 saturated carbocycles. The predicted octanol–water partition coefficient (Wildman–Crippen LogP) is 3.27. The van der Waals surface area contributed by atoms with Crippen LogP contribution in [-0.4, -0.2) is 15.0 Å². The van der Waals surface area contributed by atoms with E-state index in [-0.39, 0.29) is 0 Å². The van der Waals surface area contributed by atoms with E-state index in [1.54, 1.807) is 12.3 Å². The molecular weight excluding hydrogens is 248 g/mol. The van der Waals surface area contributed by atoms with Crippen LogP contribution in [0, 0.1) is 0 Å². The van der Waals surface area contributed by atoms with Crippen LogP contribution in [0.15, 0.2) is 61.3 Å². The van der Waals surface area contributed by atoms with Gasteiger partial charge in [-0.3, -0.25) is 4.98 Å². The maximum Gasteiger partial charge on any atom is 0.180 e. The third-order valence-corrected chi connectivity index (χ3v) is 2.57. The average Bonchev–Trinajstić information content (AvgIpc) is 2.47. The van der Waals surface area contributed by atoms with Crippen LogP contribution < -0.4 is 5.73 Å². The molecule has 2 N–H and O–H groups in total. The summed E-state index contributed by atoms with van der Waals surface area (Å²) in [6.07, 6.45) is 9.35. The summed E-state index contributed by atoms with van der Waals surface area (Å²) in [5, 5.41) is 0. The maximum absolute atomic E-state index is 5.83. The zero-order valence-corrected chi connectivity index (χ0v) is 11.3. The number of pyridine rings is 1. The molecule has 0 spiro atoms. The van der Waals surface area contributed by atoms with E-state index in [1.165, 1.54) is 0 Å². The molecular formula is C16H16N4. The highest BCUT2D eigenvalue weighted by Gasteiger charge is 2.07. The molecule has 0 unspecified atom stereocenters. The highest BCUT2D eigenvalue weighted by molar-refractivity contribution is 5.72. The van der Waals surface area contributed by atoms with E-state index in [1.807, 2.05) is 49.4 Å². The van der Waals surface area contributed by atoms with E-state index in [0.717, 1.165) is 5.57 Å². The molecule has 4 nitrogen and oxygen atoms in total. The minimum absolute atomic E-state index is 0.399. The van der Waals surface area contributed by atoms with Gasteiger partial charge in [0.1, 0.15) is 11.5 Å². The molecule has 0 radical (unpaired) electrons. The van der Waals surface area contributed by atoms with Gasteiger partial charge in [0.15, 0.2) is 5.82 Å². The van der Waals surface area contributed by atoms with Crippen LogP contribution in [-0.2, 0) is 0 Å². The summed E-state index contributed by atoms with van der Waals surface area (Å²) >= 11 is 0. The van der Waals surface area contributed by atoms with Crippen molar-refractivity contribution < 1.29 is 0 Å². The molecule has 2 aromatic rings. The van der Waals surface area contributed by atoms with Crippen molar-refractivity contribution in [3.63, 3.8) is 0 Å². The normalized spacial score (nSPS) is 11.2. The Morgan fingerprint density at radius 3 is 2.80 bits per heavy atom. The van der Waals surface area contributed by atoms with E-state index in [2.05, 4.69) is 21.5 Å². The van der Waals surface area contributed by atoms with Crippen LogP contribution in [0.4, 0.5) is 5.82 Å². The van der Waals surface area contributed by atoms with Crippen LogP contribution in [0.25, 0.3) is 17.1 Å². The molecule has 0 saturated heterocycles. The predicted molar refractivity (Wildman–Crippen MR) is 82.7 cm³/mol. The molecule has 2 heterocycles. The number of nitrogen functional groups attached to an aromatic ring is 1. The molecule has 0 atom stereocenters. The van der Waals surface area contributed by atoms with Crippen LogP contribution >= 0.6 is 0 Å². The number of hydrogen-bond donors (Lipinski definition) is 1. The molecule has 100 valence electrons. The first-order chi connectivity index (χ1) is 9.70. The quantitative estimate of drug-likeness (QED) is 0.861. The van der Waals surface area contributed by atoms with Gasteiger partial charge in [-0.05, 0) is 24.6 Å². The van der Waals surface area contributed by atoms with Gasteiger partial charge >= 0.3 is 0 Å². The second-order valence-electron chi connectivity index (χ2n) is 4.13. The highest BCUT2D eigenvalue weighted by atomic mass is 15.0. The molecule has 0 aliphatic heterocycles. The summed E-state index contributed by atoms with van der Waals surface area (Å²) in [6, 6.07) is 7.27. The molecule has 0 amide bonds. The number of anilines is 1. The lowest BCUT2D eigenvalue weighted by Crippen LogP contribution is -2.00. The van der Waals surface area contributed by atoms with Gasteiger partial charge in [0.05, 0.1) is 5.69 Å². The summed E-state index contributed by atoms with van der Waals surface area (Å²) in [7, 11) is 0. The fraction of sp³-hybridized carbons (Fsp3) is 0.0625. The molecule has 0 aliphatic rings. The van der Waals surface area contributed by atoms with Gasteiger partial charge in [-0.15, -0.1) is 0 Å². The Balaban J connectivity index is 2.37. The zero-order valence-electron chi connectivity index (χ0n) is 11.3. The Kier molecular flexibility index (Phi) is 4.39. The van der Waals surface area contributed by atoms with Crippen LogP contribution in [0.5, 0.6) is 0 Å². The molecule has 4 heteroatoms.